The van der Waals surface area contributed by atoms with Crippen molar-refractivity contribution < 1.29 is 24.2 Å². The van der Waals surface area contributed by atoms with E-state index >= 15 is 0 Å². The number of nitrogens with one attached hydrogen (secondary N) is 1. The summed E-state index contributed by atoms with van der Waals surface area (Å²) in [6.07, 6.45) is 3.18. The number of carbonyl (C=O) groups excluding carboxylic acids is 2. The summed E-state index contributed by atoms with van der Waals surface area (Å²) in [5, 5.41) is 12.4. The van der Waals surface area contributed by atoms with E-state index in [4.69, 9.17) is 4.74 Å². The van der Waals surface area contributed by atoms with Crippen LogP contribution >= 0.6 is 0 Å². The van der Waals surface area contributed by atoms with Crippen molar-refractivity contribution in [2.75, 3.05) is 13.2 Å². The van der Waals surface area contributed by atoms with Gasteiger partial charge in [0.1, 0.15) is 12.6 Å². The average Bonchev–Trinajstić information content (AvgIpc) is 3.40. The molecule has 1 saturated carbocycles. The van der Waals surface area contributed by atoms with Crippen LogP contribution in [0.15, 0.2) is 48.5 Å². The molecule has 1 aliphatic heterocycles. The van der Waals surface area contributed by atoms with E-state index < -0.39 is 24.0 Å². The molecule has 0 aromatic heterocycles. The number of fused-ring (bicyclic) bond motifs is 3. The maximum Gasteiger partial charge on any atom is 0.407 e. The highest BCUT2D eigenvalue weighted by Gasteiger charge is 2.45. The number of carboxylic acids is 1. The number of rotatable bonds is 7. The summed E-state index contributed by atoms with van der Waals surface area (Å²) in [6, 6.07) is 15.3. The van der Waals surface area contributed by atoms with E-state index in [2.05, 4.69) is 29.6 Å². The predicted molar refractivity (Wildman–Crippen MR) is 131 cm³/mol. The van der Waals surface area contributed by atoms with Crippen molar-refractivity contribution in [2.24, 2.45) is 11.8 Å². The highest BCUT2D eigenvalue weighted by Crippen LogP contribution is 2.44. The van der Waals surface area contributed by atoms with E-state index in [1.807, 2.05) is 31.2 Å². The summed E-state index contributed by atoms with van der Waals surface area (Å²) in [7, 11) is 0. The fourth-order valence-corrected chi connectivity index (χ4v) is 6.02. The third-order valence-electron chi connectivity index (χ3n) is 8.07. The molecule has 2 N–H and O–H groups in total. The van der Waals surface area contributed by atoms with Gasteiger partial charge < -0.3 is 20.1 Å². The van der Waals surface area contributed by atoms with Gasteiger partial charge in [0.05, 0.1) is 5.92 Å². The molecule has 5 rings (SSSR count). The Kier molecular flexibility index (Phi) is 6.50. The quantitative estimate of drug-likeness (QED) is 0.617. The van der Waals surface area contributed by atoms with Crippen molar-refractivity contribution in [1.29, 1.82) is 0 Å². The van der Waals surface area contributed by atoms with E-state index in [-0.39, 0.29) is 30.4 Å². The largest absolute Gasteiger partial charge is 0.481 e. The Balaban J connectivity index is 1.27. The maximum atomic E-state index is 13.5. The van der Waals surface area contributed by atoms with Crippen molar-refractivity contribution in [3.63, 3.8) is 0 Å². The lowest BCUT2D eigenvalue weighted by molar-refractivity contribution is -0.144. The lowest BCUT2D eigenvalue weighted by Crippen LogP contribution is -2.55. The van der Waals surface area contributed by atoms with Gasteiger partial charge in [0.2, 0.25) is 5.91 Å². The van der Waals surface area contributed by atoms with Crippen LogP contribution in [-0.4, -0.2) is 53.2 Å². The zero-order valence-electron chi connectivity index (χ0n) is 20.0. The first-order valence-electron chi connectivity index (χ1n) is 12.6. The molecule has 2 amide bonds. The van der Waals surface area contributed by atoms with Gasteiger partial charge in [0, 0.05) is 18.5 Å². The number of hydrogen-bond acceptors (Lipinski definition) is 4. The van der Waals surface area contributed by atoms with Crippen molar-refractivity contribution >= 4 is 18.0 Å². The second-order valence-corrected chi connectivity index (χ2v) is 9.88. The topological polar surface area (TPSA) is 95.9 Å². The van der Waals surface area contributed by atoms with Crippen LogP contribution in [-0.2, 0) is 14.3 Å². The molecule has 0 spiro atoms. The second-order valence-electron chi connectivity index (χ2n) is 9.88. The number of carbonyl (C=O) groups is 3. The van der Waals surface area contributed by atoms with Gasteiger partial charge in [-0.25, -0.2) is 4.79 Å². The first-order valence-corrected chi connectivity index (χ1v) is 12.6. The summed E-state index contributed by atoms with van der Waals surface area (Å²) in [4.78, 5) is 39.7. The number of hydrogen-bond donors (Lipinski definition) is 2. The maximum absolute atomic E-state index is 13.5. The van der Waals surface area contributed by atoms with E-state index in [0.717, 1.165) is 41.5 Å². The van der Waals surface area contributed by atoms with E-state index in [0.29, 0.717) is 19.4 Å². The molecule has 2 aliphatic carbocycles. The fraction of sp³-hybridized carbons (Fsp3) is 0.464. The Bertz CT molecular complexity index is 1080. The molecular formula is C28H32N2O5. The first-order chi connectivity index (χ1) is 17.0. The van der Waals surface area contributed by atoms with Crippen LogP contribution in [0.5, 0.6) is 0 Å². The van der Waals surface area contributed by atoms with Gasteiger partial charge in [-0.15, -0.1) is 0 Å². The number of nitrogens with zero attached hydrogens (tertiary/aromatic N) is 1. The lowest BCUT2D eigenvalue weighted by atomic mass is 9.79. The number of amides is 2. The molecule has 1 saturated heterocycles. The standard InChI is InChI=1S/C28H32N2O5/c1-2-24-22(27(32)33)14-15-30(24)26(31)25(17-8-7-9-17)29-28(34)35-16-23-20-12-5-3-10-18(20)19-11-4-6-13-21(19)23/h3-6,10-13,17,22-25H,2,7-9,14-16H2,1H3,(H,29,34)(H,32,33). The van der Waals surface area contributed by atoms with Crippen LogP contribution in [0, 0.1) is 11.8 Å². The second kappa shape index (κ2) is 9.72. The van der Waals surface area contributed by atoms with Crippen LogP contribution in [0.2, 0.25) is 0 Å². The summed E-state index contributed by atoms with van der Waals surface area (Å²) >= 11 is 0. The van der Waals surface area contributed by atoms with Crippen LogP contribution in [0.3, 0.4) is 0 Å². The van der Waals surface area contributed by atoms with E-state index in [1.54, 1.807) is 4.90 Å². The third kappa shape index (κ3) is 4.28. The van der Waals surface area contributed by atoms with Gasteiger partial charge in [-0.05, 0) is 53.9 Å². The average molecular weight is 477 g/mol. The fourth-order valence-electron chi connectivity index (χ4n) is 6.02. The molecule has 3 atom stereocenters. The monoisotopic (exact) mass is 476 g/mol. The molecule has 7 heteroatoms. The normalized spacial score (nSPS) is 22.1. The van der Waals surface area contributed by atoms with Gasteiger partial charge >= 0.3 is 12.1 Å². The van der Waals surface area contributed by atoms with Gasteiger partial charge in [0.15, 0.2) is 0 Å². The summed E-state index contributed by atoms with van der Waals surface area (Å²) in [6.45, 7) is 2.50. The van der Waals surface area contributed by atoms with Crippen LogP contribution < -0.4 is 5.32 Å². The van der Waals surface area contributed by atoms with Gasteiger partial charge in [0.25, 0.3) is 0 Å². The minimum absolute atomic E-state index is 0.0506. The SMILES string of the molecule is CCC1C(C(=O)O)CCN1C(=O)C(NC(=O)OCC1c2ccccc2-c2ccccc21)C1CCC1. The molecule has 1 heterocycles. The molecule has 0 radical (unpaired) electrons. The molecule has 2 fully saturated rings. The zero-order chi connectivity index (χ0) is 24.5. The first kappa shape index (κ1) is 23.4. The van der Waals surface area contributed by atoms with E-state index in [9.17, 15) is 19.5 Å². The Morgan fingerprint density at radius 2 is 1.66 bits per heavy atom. The number of likely N-dealkylation sites (tertiary alicyclic amines) is 1. The van der Waals surface area contributed by atoms with Crippen molar-refractivity contribution in [2.45, 2.75) is 57.0 Å². The van der Waals surface area contributed by atoms with Crippen LogP contribution in [0.1, 0.15) is 56.1 Å². The van der Waals surface area contributed by atoms with Gasteiger partial charge in [-0.1, -0.05) is 61.9 Å². The third-order valence-corrected chi connectivity index (χ3v) is 8.07. The highest BCUT2D eigenvalue weighted by atomic mass is 16.5. The minimum Gasteiger partial charge on any atom is -0.481 e. The lowest BCUT2D eigenvalue weighted by Gasteiger charge is -2.37. The highest BCUT2D eigenvalue weighted by molar-refractivity contribution is 5.87. The Hall–Kier alpha value is -3.35. The molecule has 2 aromatic carbocycles. The Labute approximate surface area is 205 Å². The molecule has 2 aromatic rings. The summed E-state index contributed by atoms with van der Waals surface area (Å²) in [5.74, 6) is -1.59. The number of benzene rings is 2. The van der Waals surface area contributed by atoms with Crippen LogP contribution in [0.25, 0.3) is 11.1 Å². The molecule has 35 heavy (non-hydrogen) atoms. The van der Waals surface area contributed by atoms with Crippen molar-refractivity contribution in [1.82, 2.24) is 10.2 Å². The van der Waals surface area contributed by atoms with Crippen molar-refractivity contribution in [3.8, 4) is 11.1 Å². The Morgan fingerprint density at radius 1 is 1.03 bits per heavy atom. The molecule has 0 bridgehead atoms. The zero-order valence-corrected chi connectivity index (χ0v) is 20.0. The molecular weight excluding hydrogens is 444 g/mol. The van der Waals surface area contributed by atoms with Crippen LogP contribution in [0.4, 0.5) is 4.79 Å². The Morgan fingerprint density at radius 3 is 2.20 bits per heavy atom. The number of carboxylic acid groups (broad SMARTS) is 1. The summed E-state index contributed by atoms with van der Waals surface area (Å²) < 4.78 is 5.70. The predicted octanol–water partition coefficient (Wildman–Crippen LogP) is 4.41. The summed E-state index contributed by atoms with van der Waals surface area (Å²) in [5.41, 5.74) is 4.59. The van der Waals surface area contributed by atoms with Crippen molar-refractivity contribution in [3.05, 3.63) is 59.7 Å². The van der Waals surface area contributed by atoms with E-state index in [1.165, 1.54) is 0 Å². The molecule has 3 unspecified atom stereocenters. The number of ether oxygens (including phenoxy) is 1. The minimum atomic E-state index is -0.864. The molecule has 7 nitrogen and oxygen atoms in total. The molecule has 184 valence electrons. The number of alkyl carbamates (subject to hydrolysis) is 1. The van der Waals surface area contributed by atoms with Gasteiger partial charge in [-0.3, -0.25) is 9.59 Å². The smallest absolute Gasteiger partial charge is 0.407 e. The number of aliphatic carboxylic acids is 1. The van der Waals surface area contributed by atoms with Gasteiger partial charge in [-0.2, -0.15) is 0 Å². The molecule has 3 aliphatic rings.